The molecular formula is C19H18N4O5S. The Morgan fingerprint density at radius 1 is 1.28 bits per heavy atom. The summed E-state index contributed by atoms with van der Waals surface area (Å²) in [4.78, 5) is 22.8. The molecule has 0 unspecified atom stereocenters. The second-order valence-electron chi connectivity index (χ2n) is 6.02. The standard InChI is InChI=1S/C19H18N4O5S/c1-12(18(24)20-15-9-8-14(23(25)26)11-16(15)27-2)29-19-22-21-17(28-19)10-13-6-4-3-5-7-13/h3-9,11-12H,10H2,1-2H3,(H,20,24)/t12-/m1/s1. The van der Waals surface area contributed by atoms with E-state index in [1.54, 1.807) is 6.92 Å². The number of benzene rings is 2. The van der Waals surface area contributed by atoms with Gasteiger partial charge in [0.15, 0.2) is 0 Å². The molecule has 1 atom stereocenters. The Morgan fingerprint density at radius 2 is 2.03 bits per heavy atom. The third-order valence-electron chi connectivity index (χ3n) is 3.95. The van der Waals surface area contributed by atoms with Crippen LogP contribution < -0.4 is 10.1 Å². The smallest absolute Gasteiger partial charge is 0.277 e. The first-order chi connectivity index (χ1) is 14.0. The topological polar surface area (TPSA) is 120 Å². The van der Waals surface area contributed by atoms with Crippen LogP contribution in [0.15, 0.2) is 58.2 Å². The lowest BCUT2D eigenvalue weighted by Crippen LogP contribution is -2.22. The molecular weight excluding hydrogens is 396 g/mol. The number of aromatic nitrogens is 2. The number of nitrogens with zero attached hydrogens (tertiary/aromatic N) is 3. The van der Waals surface area contributed by atoms with E-state index in [0.717, 1.165) is 17.3 Å². The maximum Gasteiger partial charge on any atom is 0.277 e. The quantitative estimate of drug-likeness (QED) is 0.336. The van der Waals surface area contributed by atoms with E-state index < -0.39 is 10.2 Å². The summed E-state index contributed by atoms with van der Waals surface area (Å²) in [6, 6.07) is 13.7. The van der Waals surface area contributed by atoms with Gasteiger partial charge < -0.3 is 14.5 Å². The summed E-state index contributed by atoms with van der Waals surface area (Å²) in [7, 11) is 1.37. The molecule has 1 aromatic heterocycles. The lowest BCUT2D eigenvalue weighted by molar-refractivity contribution is -0.384. The van der Waals surface area contributed by atoms with Crippen molar-refractivity contribution >= 4 is 29.0 Å². The third kappa shape index (κ3) is 5.32. The highest BCUT2D eigenvalue weighted by Gasteiger charge is 2.21. The summed E-state index contributed by atoms with van der Waals surface area (Å²) >= 11 is 1.12. The van der Waals surface area contributed by atoms with Crippen LogP contribution in [0.25, 0.3) is 0 Å². The Hall–Kier alpha value is -3.40. The number of hydrogen-bond acceptors (Lipinski definition) is 8. The number of carbonyl (C=O) groups is 1. The van der Waals surface area contributed by atoms with Gasteiger partial charge in [0.2, 0.25) is 11.8 Å². The molecule has 0 spiro atoms. The normalized spacial score (nSPS) is 11.7. The molecule has 150 valence electrons. The fraction of sp³-hybridized carbons (Fsp3) is 0.211. The minimum atomic E-state index is -0.542. The van der Waals surface area contributed by atoms with Crippen LogP contribution >= 0.6 is 11.8 Å². The molecule has 29 heavy (non-hydrogen) atoms. The lowest BCUT2D eigenvalue weighted by Gasteiger charge is -2.12. The summed E-state index contributed by atoms with van der Waals surface area (Å²) < 4.78 is 10.7. The molecule has 0 fully saturated rings. The number of rotatable bonds is 8. The van der Waals surface area contributed by atoms with Crippen LogP contribution in [0.1, 0.15) is 18.4 Å². The summed E-state index contributed by atoms with van der Waals surface area (Å²) in [6.07, 6.45) is 0.509. The molecule has 2 aromatic carbocycles. The number of carbonyl (C=O) groups excluding carboxylic acids is 1. The van der Waals surface area contributed by atoms with Gasteiger partial charge in [-0.1, -0.05) is 42.1 Å². The number of hydrogen-bond donors (Lipinski definition) is 1. The minimum absolute atomic E-state index is 0.126. The predicted molar refractivity (Wildman–Crippen MR) is 107 cm³/mol. The van der Waals surface area contributed by atoms with Gasteiger partial charge >= 0.3 is 0 Å². The fourth-order valence-electron chi connectivity index (χ4n) is 2.46. The zero-order valence-electron chi connectivity index (χ0n) is 15.7. The van der Waals surface area contributed by atoms with Crippen molar-refractivity contribution < 1.29 is 18.9 Å². The molecule has 0 saturated heterocycles. The Bertz CT molecular complexity index is 1010. The van der Waals surface area contributed by atoms with Crippen LogP contribution in [0.5, 0.6) is 5.75 Å². The number of nitrogens with one attached hydrogen (secondary N) is 1. The van der Waals surface area contributed by atoms with E-state index in [4.69, 9.17) is 9.15 Å². The molecule has 1 N–H and O–H groups in total. The van der Waals surface area contributed by atoms with Crippen molar-refractivity contribution in [1.82, 2.24) is 10.2 Å². The average molecular weight is 414 g/mol. The number of amides is 1. The van der Waals surface area contributed by atoms with Gasteiger partial charge in [-0.2, -0.15) is 0 Å². The zero-order valence-corrected chi connectivity index (χ0v) is 16.5. The van der Waals surface area contributed by atoms with Crippen LogP contribution in [-0.2, 0) is 11.2 Å². The number of thioether (sulfide) groups is 1. The first kappa shape index (κ1) is 20.3. The molecule has 1 heterocycles. The summed E-state index contributed by atoms with van der Waals surface area (Å²) in [5.41, 5.74) is 1.26. The minimum Gasteiger partial charge on any atom is -0.494 e. The highest BCUT2D eigenvalue weighted by Crippen LogP contribution is 2.30. The first-order valence-corrected chi connectivity index (χ1v) is 9.50. The summed E-state index contributed by atoms with van der Waals surface area (Å²) in [5, 5.41) is 21.3. The second kappa shape index (κ2) is 9.20. The van der Waals surface area contributed by atoms with Crippen LogP contribution in [-0.4, -0.2) is 33.4 Å². The Labute approximate surface area is 170 Å². The monoisotopic (exact) mass is 414 g/mol. The summed E-state index contributed by atoms with van der Waals surface area (Å²) in [6.45, 7) is 1.69. The van der Waals surface area contributed by atoms with Crippen molar-refractivity contribution in [3.63, 3.8) is 0 Å². The van der Waals surface area contributed by atoms with Gasteiger partial charge in [0.05, 0.1) is 35.5 Å². The molecule has 9 nitrogen and oxygen atoms in total. The van der Waals surface area contributed by atoms with Gasteiger partial charge in [-0.05, 0) is 18.6 Å². The van der Waals surface area contributed by atoms with Crippen molar-refractivity contribution in [3.05, 3.63) is 70.1 Å². The van der Waals surface area contributed by atoms with E-state index in [1.165, 1.54) is 25.3 Å². The number of nitro groups is 1. The van der Waals surface area contributed by atoms with Crippen LogP contribution in [0, 0.1) is 10.1 Å². The Balaban J connectivity index is 1.62. The highest BCUT2D eigenvalue weighted by atomic mass is 32.2. The van der Waals surface area contributed by atoms with Crippen LogP contribution in [0.3, 0.4) is 0 Å². The van der Waals surface area contributed by atoms with Crippen molar-refractivity contribution in [2.45, 2.75) is 23.8 Å². The fourth-order valence-corrected chi connectivity index (χ4v) is 3.16. The maximum atomic E-state index is 12.5. The van der Waals surface area contributed by atoms with Crippen molar-refractivity contribution in [1.29, 1.82) is 0 Å². The van der Waals surface area contributed by atoms with Crippen molar-refractivity contribution in [2.75, 3.05) is 12.4 Å². The maximum absolute atomic E-state index is 12.5. The number of anilines is 1. The Kier molecular flexibility index (Phi) is 6.45. The van der Waals surface area contributed by atoms with Gasteiger partial charge in [-0.15, -0.1) is 10.2 Å². The molecule has 0 aliphatic carbocycles. The van der Waals surface area contributed by atoms with E-state index in [0.29, 0.717) is 18.0 Å². The van der Waals surface area contributed by atoms with E-state index in [2.05, 4.69) is 15.5 Å². The molecule has 0 saturated carbocycles. The molecule has 0 aliphatic heterocycles. The first-order valence-electron chi connectivity index (χ1n) is 8.62. The number of methoxy groups -OCH3 is 1. The average Bonchev–Trinajstić information content (AvgIpc) is 3.15. The van der Waals surface area contributed by atoms with E-state index in [1.807, 2.05) is 30.3 Å². The largest absolute Gasteiger partial charge is 0.494 e. The molecule has 0 aliphatic rings. The van der Waals surface area contributed by atoms with Gasteiger partial charge in [-0.3, -0.25) is 14.9 Å². The highest BCUT2D eigenvalue weighted by molar-refractivity contribution is 8.00. The molecule has 3 aromatic rings. The van der Waals surface area contributed by atoms with Crippen LogP contribution in [0.2, 0.25) is 0 Å². The summed E-state index contributed by atoms with van der Waals surface area (Å²) in [5.74, 6) is 0.334. The van der Waals surface area contributed by atoms with E-state index in [9.17, 15) is 14.9 Å². The van der Waals surface area contributed by atoms with Gasteiger partial charge in [-0.25, -0.2) is 0 Å². The molecule has 3 rings (SSSR count). The number of nitro benzene ring substituents is 1. The molecule has 0 bridgehead atoms. The van der Waals surface area contributed by atoms with E-state index in [-0.39, 0.29) is 22.6 Å². The third-order valence-corrected chi connectivity index (χ3v) is 4.88. The Morgan fingerprint density at radius 3 is 2.72 bits per heavy atom. The van der Waals surface area contributed by atoms with Gasteiger partial charge in [0.25, 0.3) is 10.9 Å². The lowest BCUT2D eigenvalue weighted by atomic mass is 10.2. The number of ether oxygens (including phenoxy) is 1. The molecule has 0 radical (unpaired) electrons. The van der Waals surface area contributed by atoms with Crippen molar-refractivity contribution in [2.24, 2.45) is 0 Å². The second-order valence-corrected chi connectivity index (χ2v) is 7.31. The van der Waals surface area contributed by atoms with E-state index >= 15 is 0 Å². The molecule has 1 amide bonds. The zero-order chi connectivity index (χ0) is 20.8. The van der Waals surface area contributed by atoms with Gasteiger partial charge in [0, 0.05) is 6.07 Å². The number of non-ortho nitro benzene ring substituents is 1. The molecule has 10 heteroatoms. The van der Waals surface area contributed by atoms with Gasteiger partial charge in [0.1, 0.15) is 5.75 Å². The van der Waals surface area contributed by atoms with Crippen LogP contribution in [0.4, 0.5) is 11.4 Å². The van der Waals surface area contributed by atoms with Crippen molar-refractivity contribution in [3.8, 4) is 5.75 Å². The SMILES string of the molecule is COc1cc([N+](=O)[O-])ccc1NC(=O)[C@@H](C)Sc1nnc(Cc2ccccc2)o1. The predicted octanol–water partition coefficient (Wildman–Crippen LogP) is 3.70.